The number of rotatable bonds is 8. The van der Waals surface area contributed by atoms with Crippen LogP contribution >= 0.6 is 0 Å². The molecule has 3 rings (SSSR count). The summed E-state index contributed by atoms with van der Waals surface area (Å²) in [5.41, 5.74) is 1.21. The Morgan fingerprint density at radius 1 is 1.19 bits per heavy atom. The number of benzene rings is 2. The molecule has 1 atom stereocenters. The Hall–Kier alpha value is -3.20. The molecular weight excluding hydrogens is 421 g/mol. The standard InChI is InChI=1S/C22H24FN3O4S/c1-4-14(2)21(27)24-13-20-15(3)30-22(25-20)18-10-5-6-11-19(18)26-31(28,29)17-9-7-8-16(23)12-17/h5-12,14,26H,4,13H2,1-3H3,(H,24,27). The van der Waals surface area contributed by atoms with Gasteiger partial charge in [0.15, 0.2) is 0 Å². The first-order valence-electron chi connectivity index (χ1n) is 9.83. The van der Waals surface area contributed by atoms with Crippen LogP contribution < -0.4 is 10.0 Å². The van der Waals surface area contributed by atoms with Crippen LogP contribution in [-0.4, -0.2) is 19.3 Å². The monoisotopic (exact) mass is 445 g/mol. The van der Waals surface area contributed by atoms with E-state index in [9.17, 15) is 17.6 Å². The summed E-state index contributed by atoms with van der Waals surface area (Å²) in [7, 11) is -4.02. The fourth-order valence-electron chi connectivity index (χ4n) is 2.83. The van der Waals surface area contributed by atoms with E-state index in [0.29, 0.717) is 17.0 Å². The van der Waals surface area contributed by atoms with Gasteiger partial charge < -0.3 is 9.73 Å². The number of amides is 1. The van der Waals surface area contributed by atoms with Crippen LogP contribution in [-0.2, 0) is 21.4 Å². The van der Waals surface area contributed by atoms with Crippen LogP contribution in [0.3, 0.4) is 0 Å². The number of halogens is 1. The van der Waals surface area contributed by atoms with Gasteiger partial charge in [-0.1, -0.05) is 32.0 Å². The van der Waals surface area contributed by atoms with E-state index in [4.69, 9.17) is 4.42 Å². The summed E-state index contributed by atoms with van der Waals surface area (Å²) in [6.07, 6.45) is 0.730. The lowest BCUT2D eigenvalue weighted by Crippen LogP contribution is -2.28. The number of hydrogen-bond acceptors (Lipinski definition) is 5. The third-order valence-corrected chi connectivity index (χ3v) is 6.25. The van der Waals surface area contributed by atoms with Crippen molar-refractivity contribution in [2.75, 3.05) is 4.72 Å². The topological polar surface area (TPSA) is 101 Å². The van der Waals surface area contributed by atoms with Crippen molar-refractivity contribution in [2.45, 2.75) is 38.6 Å². The van der Waals surface area contributed by atoms with Crippen molar-refractivity contribution in [1.29, 1.82) is 0 Å². The average molecular weight is 446 g/mol. The Kier molecular flexibility index (Phi) is 6.74. The van der Waals surface area contributed by atoms with Gasteiger partial charge in [0.25, 0.3) is 10.0 Å². The predicted molar refractivity (Wildman–Crippen MR) is 115 cm³/mol. The summed E-state index contributed by atoms with van der Waals surface area (Å²) in [5.74, 6) is -0.104. The van der Waals surface area contributed by atoms with E-state index in [1.807, 2.05) is 13.8 Å². The van der Waals surface area contributed by atoms with E-state index < -0.39 is 15.8 Å². The summed E-state index contributed by atoms with van der Waals surface area (Å²) in [5, 5.41) is 2.83. The number of carbonyl (C=O) groups excluding carboxylic acids is 1. The second-order valence-electron chi connectivity index (χ2n) is 7.16. The molecule has 0 fully saturated rings. The molecule has 1 aromatic heterocycles. The Labute approximate surface area is 180 Å². The van der Waals surface area contributed by atoms with Crippen molar-refractivity contribution < 1.29 is 22.0 Å². The fraction of sp³-hybridized carbons (Fsp3) is 0.273. The van der Waals surface area contributed by atoms with Crippen LogP contribution in [0.5, 0.6) is 0 Å². The van der Waals surface area contributed by atoms with E-state index in [0.717, 1.165) is 12.5 Å². The maximum atomic E-state index is 13.5. The zero-order chi connectivity index (χ0) is 22.6. The third-order valence-electron chi connectivity index (χ3n) is 4.89. The summed E-state index contributed by atoms with van der Waals surface area (Å²) in [4.78, 5) is 16.3. The molecule has 0 saturated carbocycles. The van der Waals surface area contributed by atoms with Crippen LogP contribution in [0.2, 0.25) is 0 Å². The zero-order valence-corrected chi connectivity index (χ0v) is 18.3. The highest BCUT2D eigenvalue weighted by Crippen LogP contribution is 2.30. The number of oxazole rings is 1. The van der Waals surface area contributed by atoms with Crippen molar-refractivity contribution in [3.8, 4) is 11.5 Å². The lowest BCUT2D eigenvalue weighted by molar-refractivity contribution is -0.124. The first-order valence-corrected chi connectivity index (χ1v) is 11.3. The van der Waals surface area contributed by atoms with Crippen molar-refractivity contribution in [1.82, 2.24) is 10.3 Å². The summed E-state index contributed by atoms with van der Waals surface area (Å²) >= 11 is 0. The quantitative estimate of drug-likeness (QED) is 0.540. The molecule has 0 radical (unpaired) electrons. The average Bonchev–Trinajstić information content (AvgIpc) is 3.11. The number of nitrogens with zero attached hydrogens (tertiary/aromatic N) is 1. The SMILES string of the molecule is CCC(C)C(=O)NCc1nc(-c2ccccc2NS(=O)(=O)c2cccc(F)c2)oc1C. The van der Waals surface area contributed by atoms with Gasteiger partial charge in [0.2, 0.25) is 11.8 Å². The molecule has 164 valence electrons. The van der Waals surface area contributed by atoms with Crippen molar-refractivity contribution in [3.63, 3.8) is 0 Å². The van der Waals surface area contributed by atoms with Crippen LogP contribution in [0.15, 0.2) is 57.8 Å². The van der Waals surface area contributed by atoms with Crippen molar-refractivity contribution in [2.24, 2.45) is 5.92 Å². The number of hydrogen-bond donors (Lipinski definition) is 2. The highest BCUT2D eigenvalue weighted by molar-refractivity contribution is 7.92. The van der Waals surface area contributed by atoms with Gasteiger partial charge >= 0.3 is 0 Å². The number of para-hydroxylation sites is 1. The Morgan fingerprint density at radius 2 is 1.94 bits per heavy atom. The van der Waals surface area contributed by atoms with Gasteiger partial charge in [-0.2, -0.15) is 0 Å². The highest BCUT2D eigenvalue weighted by atomic mass is 32.2. The van der Waals surface area contributed by atoms with Gasteiger partial charge in [0.1, 0.15) is 17.3 Å². The van der Waals surface area contributed by atoms with Crippen molar-refractivity contribution in [3.05, 3.63) is 65.8 Å². The molecule has 0 aliphatic heterocycles. The molecule has 0 aliphatic rings. The van der Waals surface area contributed by atoms with Gasteiger partial charge in [0, 0.05) is 5.92 Å². The minimum Gasteiger partial charge on any atom is -0.441 e. The number of aromatic nitrogens is 1. The van der Waals surface area contributed by atoms with Gasteiger partial charge in [0.05, 0.1) is 22.7 Å². The molecule has 31 heavy (non-hydrogen) atoms. The van der Waals surface area contributed by atoms with Crippen molar-refractivity contribution >= 4 is 21.6 Å². The number of nitrogens with one attached hydrogen (secondary N) is 2. The van der Waals surface area contributed by atoms with Gasteiger partial charge in [-0.15, -0.1) is 0 Å². The molecule has 1 amide bonds. The minimum absolute atomic E-state index is 0.0743. The molecule has 1 heterocycles. The third kappa shape index (κ3) is 5.29. The second kappa shape index (κ2) is 9.30. The molecule has 2 aromatic carbocycles. The number of anilines is 1. The first kappa shape index (κ1) is 22.5. The predicted octanol–water partition coefficient (Wildman–Crippen LogP) is 4.25. The van der Waals surface area contributed by atoms with E-state index in [1.165, 1.54) is 18.2 Å². The van der Waals surface area contributed by atoms with Gasteiger partial charge in [-0.3, -0.25) is 9.52 Å². The molecule has 3 aromatic rings. The van der Waals surface area contributed by atoms with Crippen LogP contribution in [0, 0.1) is 18.7 Å². The number of sulfonamides is 1. The van der Waals surface area contributed by atoms with Crippen LogP contribution in [0.25, 0.3) is 11.5 Å². The van der Waals surface area contributed by atoms with E-state index in [2.05, 4.69) is 15.0 Å². The second-order valence-corrected chi connectivity index (χ2v) is 8.84. The Balaban J connectivity index is 1.86. The number of aryl methyl sites for hydroxylation is 1. The summed E-state index contributed by atoms with van der Waals surface area (Å²) in [6.45, 7) is 5.71. The summed E-state index contributed by atoms with van der Waals surface area (Å²) in [6, 6.07) is 11.4. The smallest absolute Gasteiger partial charge is 0.262 e. The van der Waals surface area contributed by atoms with Gasteiger partial charge in [-0.25, -0.2) is 17.8 Å². The minimum atomic E-state index is -4.02. The lowest BCUT2D eigenvalue weighted by atomic mass is 10.1. The molecule has 0 aliphatic carbocycles. The maximum Gasteiger partial charge on any atom is 0.262 e. The van der Waals surface area contributed by atoms with E-state index >= 15 is 0 Å². The van der Waals surface area contributed by atoms with E-state index in [-0.39, 0.29) is 34.8 Å². The molecule has 2 N–H and O–H groups in total. The molecule has 7 nitrogen and oxygen atoms in total. The Morgan fingerprint density at radius 3 is 2.65 bits per heavy atom. The number of carbonyl (C=O) groups is 1. The molecule has 1 unspecified atom stereocenters. The molecule has 0 bridgehead atoms. The molecule has 9 heteroatoms. The summed E-state index contributed by atoms with van der Waals surface area (Å²) < 4.78 is 47.1. The molecule has 0 spiro atoms. The highest BCUT2D eigenvalue weighted by Gasteiger charge is 2.20. The van der Waals surface area contributed by atoms with Gasteiger partial charge in [-0.05, 0) is 43.7 Å². The van der Waals surface area contributed by atoms with E-state index in [1.54, 1.807) is 31.2 Å². The molecular formula is C22H24FN3O4S. The lowest BCUT2D eigenvalue weighted by Gasteiger charge is -2.11. The molecule has 0 saturated heterocycles. The van der Waals surface area contributed by atoms with Crippen LogP contribution in [0.4, 0.5) is 10.1 Å². The van der Waals surface area contributed by atoms with Crippen LogP contribution in [0.1, 0.15) is 31.7 Å². The zero-order valence-electron chi connectivity index (χ0n) is 17.5. The fourth-order valence-corrected chi connectivity index (χ4v) is 3.94. The largest absolute Gasteiger partial charge is 0.441 e. The first-order chi connectivity index (χ1) is 14.7. The maximum absolute atomic E-state index is 13.5. The Bertz CT molecular complexity index is 1190. The normalized spacial score (nSPS) is 12.4.